The fourth-order valence-corrected chi connectivity index (χ4v) is 2.86. The van der Waals surface area contributed by atoms with Crippen molar-refractivity contribution in [2.24, 2.45) is 0 Å². The first kappa shape index (κ1) is 21.2. The van der Waals surface area contributed by atoms with Crippen molar-refractivity contribution >= 4 is 11.4 Å². The summed E-state index contributed by atoms with van der Waals surface area (Å²) in [6, 6.07) is 9.73. The number of nitro benzene ring substituents is 1. The van der Waals surface area contributed by atoms with Gasteiger partial charge in [0.15, 0.2) is 5.82 Å². The van der Waals surface area contributed by atoms with E-state index < -0.39 is 28.2 Å². The van der Waals surface area contributed by atoms with Crippen LogP contribution >= 0.6 is 0 Å². The van der Waals surface area contributed by atoms with Gasteiger partial charge in [-0.3, -0.25) is 10.1 Å². The summed E-state index contributed by atoms with van der Waals surface area (Å²) in [5.41, 5.74) is -0.294. The first-order valence-electron chi connectivity index (χ1n) is 8.94. The SMILES string of the molecule is CC(C)(C)n1nnnc1C(Nc1ccc(C(F)(F)F)cc1)c1ccc([N+](=O)[O-])cc1. The highest BCUT2D eigenvalue weighted by atomic mass is 19.4. The molecule has 0 radical (unpaired) electrons. The number of alkyl halides is 3. The highest BCUT2D eigenvalue weighted by Gasteiger charge is 2.31. The largest absolute Gasteiger partial charge is 0.416 e. The van der Waals surface area contributed by atoms with Gasteiger partial charge >= 0.3 is 6.18 Å². The highest BCUT2D eigenvalue weighted by molar-refractivity contribution is 5.49. The van der Waals surface area contributed by atoms with Crippen molar-refractivity contribution in [2.75, 3.05) is 5.32 Å². The Morgan fingerprint density at radius 3 is 2.13 bits per heavy atom. The molecule has 0 spiro atoms. The zero-order valence-electron chi connectivity index (χ0n) is 16.4. The van der Waals surface area contributed by atoms with Crippen molar-refractivity contribution in [3.8, 4) is 0 Å². The number of non-ortho nitro benzene ring substituents is 1. The van der Waals surface area contributed by atoms with Crippen molar-refractivity contribution in [1.29, 1.82) is 0 Å². The molecule has 0 amide bonds. The zero-order valence-corrected chi connectivity index (χ0v) is 16.4. The van der Waals surface area contributed by atoms with Gasteiger partial charge in [0.05, 0.1) is 16.0 Å². The van der Waals surface area contributed by atoms with Crippen LogP contribution in [-0.2, 0) is 11.7 Å². The third-order valence-electron chi connectivity index (χ3n) is 4.35. The first-order valence-corrected chi connectivity index (χ1v) is 8.94. The van der Waals surface area contributed by atoms with Gasteiger partial charge in [-0.05, 0) is 73.2 Å². The lowest BCUT2D eigenvalue weighted by atomic mass is 10.0. The molecule has 11 heteroatoms. The van der Waals surface area contributed by atoms with E-state index in [1.54, 1.807) is 16.8 Å². The number of nitrogens with zero attached hydrogens (tertiary/aromatic N) is 5. The van der Waals surface area contributed by atoms with Crippen LogP contribution in [0.3, 0.4) is 0 Å². The predicted octanol–water partition coefficient (Wildman–Crippen LogP) is 4.56. The summed E-state index contributed by atoms with van der Waals surface area (Å²) in [7, 11) is 0. The summed E-state index contributed by atoms with van der Waals surface area (Å²) in [5.74, 6) is 0.413. The summed E-state index contributed by atoms with van der Waals surface area (Å²) in [6.07, 6.45) is -4.44. The number of benzene rings is 2. The average molecular weight is 420 g/mol. The number of hydrogen-bond acceptors (Lipinski definition) is 6. The highest BCUT2D eigenvalue weighted by Crippen LogP contribution is 2.32. The van der Waals surface area contributed by atoms with Crippen LogP contribution in [0, 0.1) is 10.1 Å². The molecule has 1 unspecified atom stereocenters. The second-order valence-electron chi connectivity index (χ2n) is 7.62. The fraction of sp³-hybridized carbons (Fsp3) is 0.316. The van der Waals surface area contributed by atoms with E-state index in [2.05, 4.69) is 20.8 Å². The van der Waals surface area contributed by atoms with Crippen molar-refractivity contribution in [2.45, 2.75) is 38.5 Å². The van der Waals surface area contributed by atoms with Gasteiger partial charge in [0, 0.05) is 17.8 Å². The molecule has 0 aliphatic carbocycles. The standard InChI is InChI=1S/C19H19F3N6O2/c1-18(2,3)27-17(24-25-26-27)16(12-4-10-15(11-5-12)28(29)30)23-14-8-6-13(7-9-14)19(20,21)22/h4-11,16,23H,1-3H3. The van der Waals surface area contributed by atoms with Crippen LogP contribution < -0.4 is 5.32 Å². The van der Waals surface area contributed by atoms with Crippen molar-refractivity contribution in [3.63, 3.8) is 0 Å². The number of nitrogens with one attached hydrogen (secondary N) is 1. The third-order valence-corrected chi connectivity index (χ3v) is 4.35. The molecular weight excluding hydrogens is 401 g/mol. The van der Waals surface area contributed by atoms with Crippen LogP contribution in [0.2, 0.25) is 0 Å². The maximum atomic E-state index is 12.9. The minimum atomic E-state index is -4.44. The minimum absolute atomic E-state index is 0.0811. The Morgan fingerprint density at radius 2 is 1.63 bits per heavy atom. The van der Waals surface area contributed by atoms with Crippen molar-refractivity contribution < 1.29 is 18.1 Å². The van der Waals surface area contributed by atoms with E-state index in [0.717, 1.165) is 12.1 Å². The molecule has 1 heterocycles. The Kier molecular flexibility index (Phi) is 5.47. The molecule has 0 fully saturated rings. The Labute approximate surface area is 169 Å². The second kappa shape index (κ2) is 7.73. The number of nitro groups is 1. The molecular formula is C19H19F3N6O2. The Balaban J connectivity index is 2.02. The van der Waals surface area contributed by atoms with Gasteiger partial charge in [-0.15, -0.1) is 5.10 Å². The second-order valence-corrected chi connectivity index (χ2v) is 7.62. The van der Waals surface area contributed by atoms with Gasteiger partial charge in [0.2, 0.25) is 0 Å². The van der Waals surface area contributed by atoms with E-state index in [9.17, 15) is 23.3 Å². The normalized spacial score (nSPS) is 13.1. The molecule has 0 saturated heterocycles. The number of anilines is 1. The summed E-state index contributed by atoms with van der Waals surface area (Å²) in [4.78, 5) is 10.4. The Bertz CT molecular complexity index is 1020. The lowest BCUT2D eigenvalue weighted by Crippen LogP contribution is -2.29. The fourth-order valence-electron chi connectivity index (χ4n) is 2.86. The molecule has 158 valence electrons. The first-order chi connectivity index (χ1) is 14.0. The predicted molar refractivity (Wildman–Crippen MR) is 103 cm³/mol. The smallest absolute Gasteiger partial charge is 0.371 e. The molecule has 2 aromatic carbocycles. The van der Waals surface area contributed by atoms with Crippen molar-refractivity contribution in [3.05, 3.63) is 75.6 Å². The molecule has 1 atom stereocenters. The average Bonchev–Trinajstić information content (AvgIpc) is 3.16. The van der Waals surface area contributed by atoms with Gasteiger partial charge in [0.25, 0.3) is 5.69 Å². The molecule has 0 aliphatic heterocycles. The molecule has 8 nitrogen and oxygen atoms in total. The van der Waals surface area contributed by atoms with Crippen LogP contribution in [0.15, 0.2) is 48.5 Å². The van der Waals surface area contributed by atoms with Gasteiger partial charge in [0.1, 0.15) is 6.04 Å². The monoisotopic (exact) mass is 420 g/mol. The number of halogens is 3. The molecule has 1 aromatic heterocycles. The molecule has 0 aliphatic rings. The maximum Gasteiger partial charge on any atom is 0.416 e. The maximum absolute atomic E-state index is 12.9. The number of aromatic nitrogens is 4. The summed E-state index contributed by atoms with van der Waals surface area (Å²) >= 11 is 0. The summed E-state index contributed by atoms with van der Waals surface area (Å²) in [5, 5.41) is 26.0. The van der Waals surface area contributed by atoms with Crippen LogP contribution in [0.1, 0.15) is 43.8 Å². The molecule has 3 aromatic rings. The van der Waals surface area contributed by atoms with E-state index in [0.29, 0.717) is 17.1 Å². The van der Waals surface area contributed by atoms with E-state index in [4.69, 9.17) is 0 Å². The van der Waals surface area contributed by atoms with E-state index >= 15 is 0 Å². The number of rotatable bonds is 5. The molecule has 1 N–H and O–H groups in total. The third kappa shape index (κ3) is 4.56. The zero-order chi connectivity index (χ0) is 22.1. The lowest BCUT2D eigenvalue weighted by molar-refractivity contribution is -0.384. The Morgan fingerprint density at radius 1 is 1.03 bits per heavy atom. The van der Waals surface area contributed by atoms with Crippen LogP contribution in [0.4, 0.5) is 24.5 Å². The molecule has 30 heavy (non-hydrogen) atoms. The summed E-state index contributed by atoms with van der Waals surface area (Å²) in [6.45, 7) is 5.70. The topological polar surface area (TPSA) is 98.8 Å². The number of hydrogen-bond donors (Lipinski definition) is 1. The van der Waals surface area contributed by atoms with Crippen LogP contribution in [-0.4, -0.2) is 25.1 Å². The summed E-state index contributed by atoms with van der Waals surface area (Å²) < 4.78 is 40.2. The van der Waals surface area contributed by atoms with E-state index in [1.165, 1.54) is 24.3 Å². The van der Waals surface area contributed by atoms with E-state index in [-0.39, 0.29) is 5.69 Å². The van der Waals surface area contributed by atoms with Crippen LogP contribution in [0.5, 0.6) is 0 Å². The van der Waals surface area contributed by atoms with Gasteiger partial charge in [-0.25, -0.2) is 4.68 Å². The van der Waals surface area contributed by atoms with Gasteiger partial charge in [-0.1, -0.05) is 0 Å². The van der Waals surface area contributed by atoms with E-state index in [1.807, 2.05) is 20.8 Å². The van der Waals surface area contributed by atoms with Crippen LogP contribution in [0.25, 0.3) is 0 Å². The van der Waals surface area contributed by atoms with Gasteiger partial charge in [-0.2, -0.15) is 13.2 Å². The quantitative estimate of drug-likeness (QED) is 0.480. The van der Waals surface area contributed by atoms with Gasteiger partial charge < -0.3 is 5.32 Å². The molecule has 3 rings (SSSR count). The molecule has 0 bridgehead atoms. The Hall–Kier alpha value is -3.50. The lowest BCUT2D eigenvalue weighted by Gasteiger charge is -2.25. The number of tetrazole rings is 1. The van der Waals surface area contributed by atoms with Crippen molar-refractivity contribution in [1.82, 2.24) is 20.2 Å². The molecule has 0 saturated carbocycles. The minimum Gasteiger partial charge on any atom is -0.371 e.